The second kappa shape index (κ2) is 10.3. The van der Waals surface area contributed by atoms with Crippen molar-refractivity contribution in [2.75, 3.05) is 29.1 Å². The zero-order valence-corrected chi connectivity index (χ0v) is 20.7. The lowest BCUT2D eigenvalue weighted by Gasteiger charge is -2.19. The minimum absolute atomic E-state index is 0.0916. The molecule has 2 heterocycles. The summed E-state index contributed by atoms with van der Waals surface area (Å²) < 4.78 is 1.50. The Balaban J connectivity index is 1.38. The Bertz CT molecular complexity index is 1530. The zero-order valence-electron chi connectivity index (χ0n) is 19.9. The normalized spacial score (nSPS) is 13.1. The molecule has 1 amide bonds. The van der Waals surface area contributed by atoms with Crippen LogP contribution < -0.4 is 15.8 Å². The highest BCUT2D eigenvalue weighted by atomic mass is 32.2. The largest absolute Gasteiger partial charge is 0.372 e. The summed E-state index contributed by atoms with van der Waals surface area (Å²) >= 11 is 1.20. The van der Waals surface area contributed by atoms with E-state index in [0.717, 1.165) is 24.3 Å². The van der Waals surface area contributed by atoms with Crippen molar-refractivity contribution in [1.82, 2.24) is 9.55 Å². The fraction of sp³-hybridized carbons (Fsp3) is 0.214. The molecule has 0 unspecified atom stereocenters. The van der Waals surface area contributed by atoms with E-state index in [-0.39, 0.29) is 17.2 Å². The van der Waals surface area contributed by atoms with Crippen molar-refractivity contribution >= 4 is 39.9 Å². The fourth-order valence-electron chi connectivity index (χ4n) is 4.40. The van der Waals surface area contributed by atoms with Crippen LogP contribution in [0.1, 0.15) is 24.0 Å². The number of para-hydroxylation sites is 1. The molecule has 3 aromatic carbocycles. The van der Waals surface area contributed by atoms with E-state index in [1.807, 2.05) is 19.1 Å². The third-order valence-corrected chi connectivity index (χ3v) is 7.23. The minimum atomic E-state index is -0.221. The van der Waals surface area contributed by atoms with Crippen molar-refractivity contribution in [3.63, 3.8) is 0 Å². The molecule has 1 aliphatic rings. The van der Waals surface area contributed by atoms with Crippen LogP contribution in [0.25, 0.3) is 16.6 Å². The predicted molar refractivity (Wildman–Crippen MR) is 144 cm³/mol. The van der Waals surface area contributed by atoms with Crippen molar-refractivity contribution in [1.29, 1.82) is 5.26 Å². The molecule has 1 aromatic heterocycles. The maximum atomic E-state index is 13.4. The second-order valence-corrected chi connectivity index (χ2v) is 9.68. The molecule has 8 heteroatoms. The molecular weight excluding hydrogens is 470 g/mol. The van der Waals surface area contributed by atoms with Gasteiger partial charge in [0.05, 0.1) is 34.0 Å². The summed E-state index contributed by atoms with van der Waals surface area (Å²) in [6, 6.07) is 22.1. The molecule has 0 atom stereocenters. The summed E-state index contributed by atoms with van der Waals surface area (Å²) in [7, 11) is 0. The van der Waals surface area contributed by atoms with Gasteiger partial charge in [-0.3, -0.25) is 14.2 Å². The minimum Gasteiger partial charge on any atom is -0.372 e. The third-order valence-electron chi connectivity index (χ3n) is 6.29. The highest BCUT2D eigenvalue weighted by molar-refractivity contribution is 7.99. The highest BCUT2D eigenvalue weighted by Crippen LogP contribution is 2.26. The standard InChI is InChI=1S/C28H25N5O2S/c1-19-16-22(32-14-4-5-15-32)12-13-24(19)30-26(34)18-36-28-31-25-7-3-2-6-23(25)27(35)33(28)21-10-8-20(17-29)9-11-21/h2-3,6-13,16H,4-5,14-15,18H2,1H3,(H,30,34). The SMILES string of the molecule is Cc1cc(N2CCCC2)ccc1NC(=O)CSc1nc2ccccc2c(=O)n1-c1ccc(C#N)cc1. The zero-order chi connectivity index (χ0) is 25.1. The number of nitrogens with zero attached hydrogens (tertiary/aromatic N) is 4. The van der Waals surface area contributed by atoms with Crippen LogP contribution in [0.2, 0.25) is 0 Å². The lowest BCUT2D eigenvalue weighted by molar-refractivity contribution is -0.113. The van der Waals surface area contributed by atoms with E-state index < -0.39 is 0 Å². The monoisotopic (exact) mass is 495 g/mol. The number of anilines is 2. The highest BCUT2D eigenvalue weighted by Gasteiger charge is 2.16. The summed E-state index contributed by atoms with van der Waals surface area (Å²) in [5.41, 5.74) is 4.42. The van der Waals surface area contributed by atoms with Crippen molar-refractivity contribution < 1.29 is 4.79 Å². The van der Waals surface area contributed by atoms with Gasteiger partial charge in [-0.25, -0.2) is 4.98 Å². The predicted octanol–water partition coefficient (Wildman–Crippen LogP) is 4.90. The van der Waals surface area contributed by atoms with Crippen LogP contribution in [-0.4, -0.2) is 34.3 Å². The lowest BCUT2D eigenvalue weighted by atomic mass is 10.1. The van der Waals surface area contributed by atoms with Crippen molar-refractivity contribution in [2.24, 2.45) is 0 Å². The molecule has 36 heavy (non-hydrogen) atoms. The molecule has 1 aliphatic heterocycles. The molecule has 0 radical (unpaired) electrons. The third kappa shape index (κ3) is 4.83. The van der Waals surface area contributed by atoms with Crippen LogP contribution in [0.15, 0.2) is 76.7 Å². The number of fused-ring (bicyclic) bond motifs is 1. The van der Waals surface area contributed by atoms with Crippen molar-refractivity contribution in [2.45, 2.75) is 24.9 Å². The Labute approximate surface area is 213 Å². The van der Waals surface area contributed by atoms with E-state index in [2.05, 4.69) is 33.4 Å². The van der Waals surface area contributed by atoms with Gasteiger partial charge in [-0.1, -0.05) is 23.9 Å². The number of aromatic nitrogens is 2. The summed E-state index contributed by atoms with van der Waals surface area (Å²) in [4.78, 5) is 33.3. The van der Waals surface area contributed by atoms with Gasteiger partial charge in [0.15, 0.2) is 5.16 Å². The number of rotatable bonds is 6. The molecule has 1 N–H and O–H groups in total. The van der Waals surface area contributed by atoms with Gasteiger partial charge >= 0.3 is 0 Å². The molecule has 4 aromatic rings. The summed E-state index contributed by atoms with van der Waals surface area (Å²) in [5, 5.41) is 13.0. The van der Waals surface area contributed by atoms with Crippen LogP contribution in [0, 0.1) is 18.3 Å². The number of aryl methyl sites for hydroxylation is 1. The first-order chi connectivity index (χ1) is 17.5. The number of nitrogens with one attached hydrogen (secondary N) is 1. The van der Waals surface area contributed by atoms with Crippen LogP contribution in [0.5, 0.6) is 0 Å². The Morgan fingerprint density at radius 1 is 1.06 bits per heavy atom. The van der Waals surface area contributed by atoms with Crippen molar-refractivity contribution in [3.8, 4) is 11.8 Å². The van der Waals surface area contributed by atoms with E-state index in [0.29, 0.717) is 27.3 Å². The van der Waals surface area contributed by atoms with Crippen LogP contribution in [-0.2, 0) is 4.79 Å². The van der Waals surface area contributed by atoms with Gasteiger partial charge in [0.2, 0.25) is 5.91 Å². The molecule has 0 aliphatic carbocycles. The number of amides is 1. The fourth-order valence-corrected chi connectivity index (χ4v) is 5.21. The number of benzene rings is 3. The molecule has 1 fully saturated rings. The maximum absolute atomic E-state index is 13.4. The van der Waals surface area contributed by atoms with Crippen molar-refractivity contribution in [3.05, 3.63) is 88.2 Å². The first kappa shape index (κ1) is 23.6. The lowest BCUT2D eigenvalue weighted by Crippen LogP contribution is -2.23. The van der Waals surface area contributed by atoms with Gasteiger partial charge in [-0.15, -0.1) is 0 Å². The number of carbonyl (C=O) groups is 1. The average molecular weight is 496 g/mol. The van der Waals surface area contributed by atoms with E-state index in [9.17, 15) is 9.59 Å². The summed E-state index contributed by atoms with van der Waals surface area (Å²) in [6.45, 7) is 4.14. The molecule has 180 valence electrons. The van der Waals surface area contributed by atoms with Crippen LogP contribution >= 0.6 is 11.8 Å². The Hall–Kier alpha value is -4.09. The van der Waals surface area contributed by atoms with Crippen LogP contribution in [0.4, 0.5) is 11.4 Å². The Kier molecular flexibility index (Phi) is 6.74. The van der Waals surface area contributed by atoms with Gasteiger partial charge in [0, 0.05) is 24.5 Å². The van der Waals surface area contributed by atoms with Gasteiger partial charge in [-0.2, -0.15) is 5.26 Å². The Morgan fingerprint density at radius 2 is 1.78 bits per heavy atom. The molecule has 0 bridgehead atoms. The summed E-state index contributed by atoms with van der Waals surface area (Å²) in [5.74, 6) is -0.0835. The molecule has 7 nitrogen and oxygen atoms in total. The first-order valence-electron chi connectivity index (χ1n) is 11.8. The molecule has 5 rings (SSSR count). The quantitative estimate of drug-likeness (QED) is 0.302. The molecule has 1 saturated heterocycles. The van der Waals surface area contributed by atoms with E-state index in [1.54, 1.807) is 42.5 Å². The molecule has 0 saturated carbocycles. The smallest absolute Gasteiger partial charge is 0.266 e. The topological polar surface area (TPSA) is 91.0 Å². The molecule has 0 spiro atoms. The number of hydrogen-bond acceptors (Lipinski definition) is 6. The number of nitriles is 1. The summed E-state index contributed by atoms with van der Waals surface area (Å²) in [6.07, 6.45) is 2.43. The van der Waals surface area contributed by atoms with E-state index in [1.165, 1.54) is 34.9 Å². The average Bonchev–Trinajstić information content (AvgIpc) is 3.44. The number of carbonyl (C=O) groups excluding carboxylic acids is 1. The number of thioether (sulfide) groups is 1. The van der Waals surface area contributed by atoms with Gasteiger partial charge < -0.3 is 10.2 Å². The maximum Gasteiger partial charge on any atom is 0.266 e. The first-order valence-corrected chi connectivity index (χ1v) is 12.8. The Morgan fingerprint density at radius 3 is 2.50 bits per heavy atom. The number of hydrogen-bond donors (Lipinski definition) is 1. The van der Waals surface area contributed by atoms with Gasteiger partial charge in [0.25, 0.3) is 5.56 Å². The van der Waals surface area contributed by atoms with E-state index in [4.69, 9.17) is 5.26 Å². The molecular formula is C28H25N5O2S. The van der Waals surface area contributed by atoms with E-state index >= 15 is 0 Å². The van der Waals surface area contributed by atoms with Crippen LogP contribution in [0.3, 0.4) is 0 Å². The second-order valence-electron chi connectivity index (χ2n) is 8.74. The van der Waals surface area contributed by atoms with Gasteiger partial charge in [-0.05, 0) is 79.9 Å². The van der Waals surface area contributed by atoms with Gasteiger partial charge in [0.1, 0.15) is 0 Å².